The van der Waals surface area contributed by atoms with Crippen LogP contribution in [0.4, 0.5) is 5.82 Å². The molecule has 1 aliphatic heterocycles. The maximum Gasteiger partial charge on any atom is 0.184 e. The summed E-state index contributed by atoms with van der Waals surface area (Å²) >= 11 is 0. The molecule has 7 heteroatoms. The topological polar surface area (TPSA) is 70.4 Å². The molecule has 2 aliphatic carbocycles. The molecular formula is C29H30N4O3. The zero-order chi connectivity index (χ0) is 24.1. The highest BCUT2D eigenvalue weighted by Gasteiger charge is 2.41. The summed E-state index contributed by atoms with van der Waals surface area (Å²) in [5.41, 5.74) is 4.82. The van der Waals surface area contributed by atoms with E-state index in [1.54, 1.807) is 13.4 Å². The number of fused-ring (bicyclic) bond motifs is 3. The number of benzene rings is 2. The Morgan fingerprint density at radius 2 is 1.92 bits per heavy atom. The molecule has 0 unspecified atom stereocenters. The molecule has 2 fully saturated rings. The average Bonchev–Trinajstić information content (AvgIpc) is 3.65. The molecule has 0 radical (unpaired) electrons. The van der Waals surface area contributed by atoms with Gasteiger partial charge in [0.25, 0.3) is 0 Å². The van der Waals surface area contributed by atoms with Crippen LogP contribution in [0, 0.1) is 5.92 Å². The van der Waals surface area contributed by atoms with Crippen molar-refractivity contribution in [2.45, 2.75) is 50.2 Å². The number of nitrogens with zero attached hydrogens (tertiary/aromatic N) is 3. The average molecular weight is 483 g/mol. The first-order valence-electron chi connectivity index (χ1n) is 12.8. The van der Waals surface area contributed by atoms with Gasteiger partial charge in [0.15, 0.2) is 6.29 Å². The summed E-state index contributed by atoms with van der Waals surface area (Å²) < 4.78 is 20.1. The fourth-order valence-electron chi connectivity index (χ4n) is 6.22. The number of aryl methyl sites for hydroxylation is 1. The third kappa shape index (κ3) is 3.74. The van der Waals surface area contributed by atoms with Crippen molar-refractivity contribution in [1.29, 1.82) is 0 Å². The van der Waals surface area contributed by atoms with E-state index in [1.165, 1.54) is 11.1 Å². The highest BCUT2D eigenvalue weighted by Crippen LogP contribution is 2.44. The van der Waals surface area contributed by atoms with Crippen LogP contribution >= 0.6 is 0 Å². The van der Waals surface area contributed by atoms with Gasteiger partial charge in [0.05, 0.1) is 31.2 Å². The lowest BCUT2D eigenvalue weighted by Crippen LogP contribution is -2.32. The molecule has 2 aromatic heterocycles. The Morgan fingerprint density at radius 3 is 2.81 bits per heavy atom. The van der Waals surface area contributed by atoms with Gasteiger partial charge in [-0.05, 0) is 55.0 Å². The zero-order valence-electron chi connectivity index (χ0n) is 20.3. The summed E-state index contributed by atoms with van der Waals surface area (Å²) in [5.74, 6) is 2.13. The normalized spacial score (nSPS) is 27.1. The lowest BCUT2D eigenvalue weighted by molar-refractivity contribution is -0.233. The van der Waals surface area contributed by atoms with E-state index in [0.717, 1.165) is 53.8 Å². The Morgan fingerprint density at radius 1 is 1.03 bits per heavy atom. The van der Waals surface area contributed by atoms with Crippen molar-refractivity contribution in [2.24, 2.45) is 5.92 Å². The molecule has 3 heterocycles. The largest absolute Gasteiger partial charge is 0.497 e. The Hall–Kier alpha value is -3.42. The van der Waals surface area contributed by atoms with Gasteiger partial charge >= 0.3 is 0 Å². The van der Waals surface area contributed by atoms with Crippen LogP contribution in [0.15, 0.2) is 67.1 Å². The maximum absolute atomic E-state index is 6.43. The Kier molecular flexibility index (Phi) is 5.40. The van der Waals surface area contributed by atoms with Crippen LogP contribution in [0.2, 0.25) is 0 Å². The van der Waals surface area contributed by atoms with E-state index in [2.05, 4.69) is 56.4 Å². The molecule has 7 rings (SSSR count). The Bertz CT molecular complexity index is 1390. The summed E-state index contributed by atoms with van der Waals surface area (Å²) in [4.78, 5) is 9.31. The fraction of sp³-hybridized carbons (Fsp3) is 0.379. The minimum Gasteiger partial charge on any atom is -0.497 e. The molecule has 5 atom stereocenters. The number of methoxy groups -OCH3 is 1. The molecule has 1 saturated carbocycles. The van der Waals surface area contributed by atoms with Gasteiger partial charge in [-0.1, -0.05) is 36.4 Å². The van der Waals surface area contributed by atoms with Crippen LogP contribution in [-0.2, 0) is 15.9 Å². The van der Waals surface area contributed by atoms with Crippen molar-refractivity contribution in [1.82, 2.24) is 14.5 Å². The Labute approximate surface area is 210 Å². The number of hydrogen-bond acceptors (Lipinski definition) is 6. The van der Waals surface area contributed by atoms with Gasteiger partial charge < -0.3 is 24.1 Å². The summed E-state index contributed by atoms with van der Waals surface area (Å²) in [6, 6.07) is 19.4. The SMILES string of the molecule is COc1ccc([C@H]2OC[C@@H]3C[C@@H](n4ccc5c(N[C@@H]6CCc7ccccc76)ncnc54)C[C@H]3O2)cc1. The molecule has 0 bridgehead atoms. The molecule has 2 aromatic carbocycles. The van der Waals surface area contributed by atoms with Crippen LogP contribution in [0.1, 0.15) is 54.3 Å². The standard InChI is InChI=1S/C29H30N4O3/c1-34-22-9-6-19(7-10-22)29-35-16-20-14-21(15-26(20)36-29)33-13-12-24-27(30-17-31-28(24)33)32-25-11-8-18-4-2-3-5-23(18)25/h2-7,9-10,12-13,17,20-21,25-26,29H,8,11,14-16H2,1H3,(H,30,31,32)/t20-,21+,25+,26+,29-/m0/s1. The fourth-order valence-corrected chi connectivity index (χ4v) is 6.22. The number of rotatable bonds is 5. The highest BCUT2D eigenvalue weighted by molar-refractivity contribution is 5.87. The number of aromatic nitrogens is 3. The van der Waals surface area contributed by atoms with Gasteiger partial charge in [-0.3, -0.25) is 0 Å². The van der Waals surface area contributed by atoms with Gasteiger partial charge in [0.1, 0.15) is 23.5 Å². The lowest BCUT2D eigenvalue weighted by Gasteiger charge is -2.32. The molecule has 3 aliphatic rings. The molecule has 184 valence electrons. The molecule has 1 saturated heterocycles. The number of ether oxygens (including phenoxy) is 3. The molecule has 1 N–H and O–H groups in total. The third-order valence-electron chi connectivity index (χ3n) is 8.10. The second-order valence-corrected chi connectivity index (χ2v) is 10.1. The van der Waals surface area contributed by atoms with Crippen LogP contribution in [0.5, 0.6) is 5.75 Å². The molecule has 0 spiro atoms. The van der Waals surface area contributed by atoms with Crippen LogP contribution in [-0.4, -0.2) is 34.4 Å². The summed E-state index contributed by atoms with van der Waals surface area (Å²) in [5, 5.41) is 4.78. The monoisotopic (exact) mass is 482 g/mol. The van der Waals surface area contributed by atoms with Crippen molar-refractivity contribution in [3.63, 3.8) is 0 Å². The first-order valence-corrected chi connectivity index (χ1v) is 12.8. The van der Waals surface area contributed by atoms with E-state index in [-0.39, 0.29) is 18.4 Å². The van der Waals surface area contributed by atoms with Crippen LogP contribution < -0.4 is 10.1 Å². The van der Waals surface area contributed by atoms with Gasteiger partial charge in [-0.25, -0.2) is 9.97 Å². The van der Waals surface area contributed by atoms with Gasteiger partial charge in [0, 0.05) is 23.7 Å². The van der Waals surface area contributed by atoms with Crippen molar-refractivity contribution < 1.29 is 14.2 Å². The Balaban J connectivity index is 1.09. The van der Waals surface area contributed by atoms with Gasteiger partial charge in [-0.2, -0.15) is 0 Å². The van der Waals surface area contributed by atoms with E-state index < -0.39 is 0 Å². The summed E-state index contributed by atoms with van der Waals surface area (Å²) in [7, 11) is 1.68. The van der Waals surface area contributed by atoms with Crippen LogP contribution in [0.25, 0.3) is 11.0 Å². The lowest BCUT2D eigenvalue weighted by atomic mass is 10.1. The van der Waals surface area contributed by atoms with Gasteiger partial charge in [0.2, 0.25) is 0 Å². The van der Waals surface area contributed by atoms with E-state index in [9.17, 15) is 0 Å². The quantitative estimate of drug-likeness (QED) is 0.399. The number of anilines is 1. The second kappa shape index (κ2) is 8.91. The predicted molar refractivity (Wildman–Crippen MR) is 137 cm³/mol. The molecule has 0 amide bonds. The summed E-state index contributed by atoms with van der Waals surface area (Å²) in [6.45, 7) is 0.708. The van der Waals surface area contributed by atoms with Crippen molar-refractivity contribution in [3.05, 3.63) is 83.8 Å². The molecule has 7 nitrogen and oxygen atoms in total. The number of nitrogens with one attached hydrogen (secondary N) is 1. The van der Waals surface area contributed by atoms with Crippen molar-refractivity contribution in [3.8, 4) is 5.75 Å². The van der Waals surface area contributed by atoms with E-state index in [4.69, 9.17) is 14.2 Å². The summed E-state index contributed by atoms with van der Waals surface area (Å²) in [6.07, 6.45) is 7.85. The highest BCUT2D eigenvalue weighted by atomic mass is 16.7. The smallest absolute Gasteiger partial charge is 0.184 e. The zero-order valence-corrected chi connectivity index (χ0v) is 20.3. The van der Waals surface area contributed by atoms with E-state index in [0.29, 0.717) is 18.6 Å². The van der Waals surface area contributed by atoms with E-state index >= 15 is 0 Å². The first-order chi connectivity index (χ1) is 17.8. The molecular weight excluding hydrogens is 452 g/mol. The number of hydrogen-bond donors (Lipinski definition) is 1. The third-order valence-corrected chi connectivity index (χ3v) is 8.10. The predicted octanol–water partition coefficient (Wildman–Crippen LogP) is 5.60. The van der Waals surface area contributed by atoms with Crippen LogP contribution in [0.3, 0.4) is 0 Å². The second-order valence-electron chi connectivity index (χ2n) is 10.1. The van der Waals surface area contributed by atoms with E-state index in [1.807, 2.05) is 24.3 Å². The van der Waals surface area contributed by atoms with Crippen molar-refractivity contribution in [2.75, 3.05) is 19.0 Å². The molecule has 36 heavy (non-hydrogen) atoms. The first kappa shape index (κ1) is 21.8. The maximum atomic E-state index is 6.43. The molecule has 4 aromatic rings. The minimum atomic E-state index is -0.329. The van der Waals surface area contributed by atoms with Crippen molar-refractivity contribution >= 4 is 16.9 Å². The van der Waals surface area contributed by atoms with Gasteiger partial charge in [-0.15, -0.1) is 0 Å². The minimum absolute atomic E-state index is 0.169.